The summed E-state index contributed by atoms with van der Waals surface area (Å²) in [6, 6.07) is 7.95. The lowest BCUT2D eigenvalue weighted by molar-refractivity contribution is 0.224. The Bertz CT molecular complexity index is 564. The van der Waals surface area contributed by atoms with E-state index >= 15 is 0 Å². The minimum atomic E-state index is 0.415. The smallest absolute Gasteiger partial charge is 0.189 e. The van der Waals surface area contributed by atoms with Crippen molar-refractivity contribution in [2.24, 2.45) is 11.8 Å². The fraction of sp³-hybridized carbons (Fsp3) is 0.529. The Labute approximate surface area is 154 Å². The van der Waals surface area contributed by atoms with Crippen molar-refractivity contribution in [1.29, 1.82) is 0 Å². The first-order valence-corrected chi connectivity index (χ1v) is 9.09. The maximum absolute atomic E-state index is 5.35. The molecule has 0 saturated heterocycles. The normalized spacial score (nSPS) is 23.0. The second kappa shape index (κ2) is 9.03. The number of nitrogens with one attached hydrogen (secondary N) is 4. The van der Waals surface area contributed by atoms with Gasteiger partial charge in [0.2, 0.25) is 0 Å². The van der Waals surface area contributed by atoms with Gasteiger partial charge in [0, 0.05) is 11.7 Å². The van der Waals surface area contributed by atoms with Crippen molar-refractivity contribution in [2.45, 2.75) is 39.2 Å². The summed E-state index contributed by atoms with van der Waals surface area (Å²) < 4.78 is 5.13. The molecule has 132 valence electrons. The largest absolute Gasteiger partial charge is 0.497 e. The molecule has 3 atom stereocenters. The third kappa shape index (κ3) is 5.49. The minimum Gasteiger partial charge on any atom is -0.497 e. The number of methoxy groups -OCH3 is 1. The summed E-state index contributed by atoms with van der Waals surface area (Å²) in [7, 11) is 1.64. The minimum absolute atomic E-state index is 0.415. The van der Waals surface area contributed by atoms with Gasteiger partial charge in [-0.05, 0) is 67.0 Å². The van der Waals surface area contributed by atoms with E-state index in [2.05, 4.69) is 35.3 Å². The van der Waals surface area contributed by atoms with Crippen LogP contribution in [-0.4, -0.2) is 23.4 Å². The predicted molar refractivity (Wildman–Crippen MR) is 107 cm³/mol. The molecule has 4 N–H and O–H groups in total. The molecule has 1 aliphatic carbocycles. The first kappa shape index (κ1) is 18.7. The van der Waals surface area contributed by atoms with Crippen LogP contribution < -0.4 is 26.2 Å². The Morgan fingerprint density at radius 1 is 1.04 bits per heavy atom. The highest BCUT2D eigenvalue weighted by Gasteiger charge is 2.27. The number of rotatable bonds is 3. The van der Waals surface area contributed by atoms with E-state index in [1.165, 1.54) is 12.8 Å². The molecular formula is C17H26N4OS2. The number of hydrazine groups is 1. The molecular weight excluding hydrogens is 340 g/mol. The molecule has 0 amide bonds. The summed E-state index contributed by atoms with van der Waals surface area (Å²) in [5.74, 6) is 2.14. The second-order valence-corrected chi connectivity index (χ2v) is 7.10. The Morgan fingerprint density at radius 3 is 2.38 bits per heavy atom. The Kier molecular flexibility index (Phi) is 7.05. The van der Waals surface area contributed by atoms with Gasteiger partial charge in [0.15, 0.2) is 10.2 Å². The zero-order valence-electron chi connectivity index (χ0n) is 14.4. The zero-order valence-corrected chi connectivity index (χ0v) is 16.0. The van der Waals surface area contributed by atoms with Gasteiger partial charge in [-0.25, -0.2) is 0 Å². The van der Waals surface area contributed by atoms with Crippen molar-refractivity contribution in [1.82, 2.24) is 16.2 Å². The van der Waals surface area contributed by atoms with Gasteiger partial charge < -0.3 is 15.4 Å². The van der Waals surface area contributed by atoms with Gasteiger partial charge in [0.25, 0.3) is 0 Å². The molecule has 5 nitrogen and oxygen atoms in total. The summed E-state index contributed by atoms with van der Waals surface area (Å²) in [5, 5.41) is 7.49. The molecule has 0 heterocycles. The van der Waals surface area contributed by atoms with E-state index in [9.17, 15) is 0 Å². The summed E-state index contributed by atoms with van der Waals surface area (Å²) in [6.07, 6.45) is 3.70. The van der Waals surface area contributed by atoms with Crippen molar-refractivity contribution in [2.75, 3.05) is 12.4 Å². The van der Waals surface area contributed by atoms with Crippen LogP contribution in [0.25, 0.3) is 0 Å². The zero-order chi connectivity index (χ0) is 17.5. The second-order valence-electron chi connectivity index (χ2n) is 6.28. The number of thiocarbonyl (C=S) groups is 2. The van der Waals surface area contributed by atoms with Gasteiger partial charge in [0.1, 0.15) is 5.75 Å². The maximum atomic E-state index is 5.35. The van der Waals surface area contributed by atoms with E-state index in [-0.39, 0.29) is 0 Å². The average molecular weight is 367 g/mol. The molecule has 1 aromatic carbocycles. The van der Waals surface area contributed by atoms with Crippen molar-refractivity contribution in [3.05, 3.63) is 24.3 Å². The summed E-state index contributed by atoms with van der Waals surface area (Å²) in [6.45, 7) is 4.59. The molecule has 0 spiro atoms. The molecule has 2 rings (SSSR count). The van der Waals surface area contributed by atoms with Gasteiger partial charge >= 0.3 is 0 Å². The van der Waals surface area contributed by atoms with Gasteiger partial charge in [0.05, 0.1) is 7.11 Å². The molecule has 0 unspecified atom stereocenters. The quantitative estimate of drug-likeness (QED) is 0.484. The van der Waals surface area contributed by atoms with Crippen LogP contribution in [0, 0.1) is 11.8 Å². The maximum Gasteiger partial charge on any atom is 0.189 e. The van der Waals surface area contributed by atoms with E-state index < -0.39 is 0 Å². The van der Waals surface area contributed by atoms with Crippen LogP contribution >= 0.6 is 24.4 Å². The van der Waals surface area contributed by atoms with Crippen molar-refractivity contribution in [3.63, 3.8) is 0 Å². The van der Waals surface area contributed by atoms with E-state index in [1.807, 2.05) is 24.3 Å². The summed E-state index contributed by atoms with van der Waals surface area (Å²) >= 11 is 10.6. The highest BCUT2D eigenvalue weighted by Crippen LogP contribution is 2.29. The third-order valence-electron chi connectivity index (χ3n) is 4.66. The van der Waals surface area contributed by atoms with E-state index in [1.54, 1.807) is 7.11 Å². The molecule has 0 bridgehead atoms. The molecule has 24 heavy (non-hydrogen) atoms. The van der Waals surface area contributed by atoms with E-state index in [0.717, 1.165) is 23.8 Å². The van der Waals surface area contributed by atoms with Gasteiger partial charge in [-0.1, -0.05) is 26.7 Å². The first-order valence-electron chi connectivity index (χ1n) is 8.27. The third-order valence-corrected chi connectivity index (χ3v) is 5.08. The highest BCUT2D eigenvalue weighted by molar-refractivity contribution is 7.80. The van der Waals surface area contributed by atoms with E-state index in [0.29, 0.717) is 22.2 Å². The fourth-order valence-electron chi connectivity index (χ4n) is 2.94. The molecule has 1 fully saturated rings. The Morgan fingerprint density at radius 2 is 1.71 bits per heavy atom. The Balaban J connectivity index is 1.73. The fourth-order valence-corrected chi connectivity index (χ4v) is 3.31. The standard InChI is InChI=1S/C17H26N4OS2/c1-11-5-4-6-15(12(11)2)19-17(24)21-20-16(23)18-13-7-9-14(22-3)10-8-13/h7-12,15H,4-6H2,1-3H3,(H2,18,20,23)(H2,19,21,24)/t11-,12+,15-/m0/s1. The molecule has 7 heteroatoms. The number of hydrogen-bond acceptors (Lipinski definition) is 3. The van der Waals surface area contributed by atoms with Gasteiger partial charge in [-0.15, -0.1) is 0 Å². The van der Waals surface area contributed by atoms with Crippen LogP contribution in [0.15, 0.2) is 24.3 Å². The van der Waals surface area contributed by atoms with Crippen molar-refractivity contribution < 1.29 is 4.74 Å². The Hall–Kier alpha value is -1.60. The lowest BCUT2D eigenvalue weighted by Gasteiger charge is -2.35. The lowest BCUT2D eigenvalue weighted by atomic mass is 9.78. The predicted octanol–water partition coefficient (Wildman–Crippen LogP) is 3.19. The van der Waals surface area contributed by atoms with Crippen molar-refractivity contribution in [3.8, 4) is 5.75 Å². The highest BCUT2D eigenvalue weighted by atomic mass is 32.1. The summed E-state index contributed by atoms with van der Waals surface area (Å²) in [5.41, 5.74) is 6.74. The molecule has 1 aromatic rings. The van der Waals surface area contributed by atoms with Crippen LogP contribution in [0.5, 0.6) is 5.75 Å². The van der Waals surface area contributed by atoms with Gasteiger partial charge in [-0.3, -0.25) is 10.9 Å². The first-order chi connectivity index (χ1) is 11.5. The SMILES string of the molecule is COc1ccc(NC(=S)NNC(=S)N[C@H]2CCC[C@H](C)[C@H]2C)cc1. The van der Waals surface area contributed by atoms with Crippen LogP contribution in [0.4, 0.5) is 5.69 Å². The topological polar surface area (TPSA) is 57.4 Å². The summed E-state index contributed by atoms with van der Waals surface area (Å²) in [4.78, 5) is 0. The molecule has 0 aliphatic heterocycles. The van der Waals surface area contributed by atoms with Gasteiger partial charge in [-0.2, -0.15) is 0 Å². The van der Waals surface area contributed by atoms with E-state index in [4.69, 9.17) is 29.2 Å². The molecule has 1 aliphatic rings. The number of benzene rings is 1. The monoisotopic (exact) mass is 366 g/mol. The number of anilines is 1. The van der Waals surface area contributed by atoms with Crippen molar-refractivity contribution >= 4 is 40.3 Å². The van der Waals surface area contributed by atoms with Crippen LogP contribution in [-0.2, 0) is 0 Å². The number of ether oxygens (including phenoxy) is 1. The molecule has 1 saturated carbocycles. The molecule has 0 radical (unpaired) electrons. The van der Waals surface area contributed by atoms with Crippen LogP contribution in [0.3, 0.4) is 0 Å². The average Bonchev–Trinajstić information content (AvgIpc) is 2.58. The number of hydrogen-bond donors (Lipinski definition) is 4. The van der Waals surface area contributed by atoms with Crippen LogP contribution in [0.1, 0.15) is 33.1 Å². The lowest BCUT2D eigenvalue weighted by Crippen LogP contribution is -2.53. The molecule has 0 aromatic heterocycles. The van der Waals surface area contributed by atoms with Crippen LogP contribution in [0.2, 0.25) is 0 Å².